The van der Waals surface area contributed by atoms with Crippen molar-refractivity contribution in [3.05, 3.63) is 18.0 Å². The van der Waals surface area contributed by atoms with Gasteiger partial charge in [0.05, 0.1) is 6.20 Å². The molecule has 0 N–H and O–H groups in total. The van der Waals surface area contributed by atoms with Crippen LogP contribution in [0.15, 0.2) is 12.4 Å². The Labute approximate surface area is 128 Å². The molecule has 0 amide bonds. The molecule has 1 unspecified atom stereocenters. The maximum atomic E-state index is 12.0. The Morgan fingerprint density at radius 1 is 1.38 bits per heavy atom. The first-order valence-corrected chi connectivity index (χ1v) is 7.69. The molecule has 0 radical (unpaired) electrons. The summed E-state index contributed by atoms with van der Waals surface area (Å²) in [7, 11) is 1.13. The van der Waals surface area contributed by atoms with E-state index in [1.54, 1.807) is 0 Å². The molecule has 21 heavy (non-hydrogen) atoms. The zero-order valence-electron chi connectivity index (χ0n) is 14.4. The minimum absolute atomic E-state index is 0.297. The van der Waals surface area contributed by atoms with Crippen LogP contribution in [0, 0.1) is 5.41 Å². The van der Waals surface area contributed by atoms with Crippen LogP contribution in [0.2, 0.25) is 5.31 Å². The smallest absolute Gasteiger partial charge is 0.435 e. The van der Waals surface area contributed by atoms with Gasteiger partial charge in [-0.2, -0.15) is 9.78 Å². The van der Waals surface area contributed by atoms with Gasteiger partial charge in [-0.25, -0.2) is 4.79 Å². The number of hydrogen-bond donors (Lipinski definition) is 0. The lowest BCUT2D eigenvalue weighted by Crippen LogP contribution is -2.27. The molecule has 0 aromatic carbocycles. The molecular formula is C16H27BN2O2. The third-order valence-electron chi connectivity index (χ3n) is 5.00. The number of carbonyl (C=O) groups is 1. The number of carbonyl (C=O) groups excluding carboxylic acids is 1. The molecule has 116 valence electrons. The first kappa shape index (κ1) is 16.1. The lowest BCUT2D eigenvalue weighted by Gasteiger charge is -2.34. The van der Waals surface area contributed by atoms with Crippen LogP contribution in [0.4, 0.5) is 4.79 Å². The standard InChI is InChI=1S/C16H27BN2O2/c1-14(2,3)21-13(20)19-10-11(9-18-19)12-8-15(4,5)16(6,7)17-12/h9-10,12,17H,8H2,1-7H3. The van der Waals surface area contributed by atoms with Gasteiger partial charge in [0.1, 0.15) is 12.9 Å². The summed E-state index contributed by atoms with van der Waals surface area (Å²) in [6, 6.07) is 0. The lowest BCUT2D eigenvalue weighted by atomic mass is 9.47. The molecule has 0 aliphatic carbocycles. The highest BCUT2D eigenvalue weighted by atomic mass is 16.6. The van der Waals surface area contributed by atoms with Crippen LogP contribution in [-0.4, -0.2) is 28.8 Å². The number of ether oxygens (including phenoxy) is 1. The van der Waals surface area contributed by atoms with Gasteiger partial charge in [-0.15, -0.1) is 0 Å². The van der Waals surface area contributed by atoms with E-state index in [2.05, 4.69) is 32.8 Å². The largest absolute Gasteiger partial charge is 0.442 e. The third-order valence-corrected chi connectivity index (χ3v) is 5.00. The zero-order chi connectivity index (χ0) is 16.1. The van der Waals surface area contributed by atoms with Crippen molar-refractivity contribution in [3.63, 3.8) is 0 Å². The molecule has 1 atom stereocenters. The van der Waals surface area contributed by atoms with Crippen molar-refractivity contribution in [2.24, 2.45) is 5.41 Å². The average Bonchev–Trinajstić information content (AvgIpc) is 2.80. The molecule has 4 nitrogen and oxygen atoms in total. The number of nitrogens with zero attached hydrogens (tertiary/aromatic N) is 2. The predicted molar refractivity (Wildman–Crippen MR) is 86.2 cm³/mol. The van der Waals surface area contributed by atoms with E-state index in [1.165, 1.54) is 4.68 Å². The Bertz CT molecular complexity index is 525. The zero-order valence-corrected chi connectivity index (χ0v) is 14.4. The molecule has 1 saturated heterocycles. The predicted octanol–water partition coefficient (Wildman–Crippen LogP) is 3.77. The second-order valence-electron chi connectivity index (χ2n) is 8.57. The van der Waals surface area contributed by atoms with Crippen molar-refractivity contribution >= 4 is 13.4 Å². The molecule has 0 bridgehead atoms. The van der Waals surface area contributed by atoms with Crippen LogP contribution >= 0.6 is 0 Å². The van der Waals surface area contributed by atoms with Crippen molar-refractivity contribution in [2.45, 2.75) is 71.6 Å². The Hall–Kier alpha value is -1.26. The number of rotatable bonds is 1. The van der Waals surface area contributed by atoms with Crippen molar-refractivity contribution in [1.82, 2.24) is 9.78 Å². The van der Waals surface area contributed by atoms with E-state index in [-0.39, 0.29) is 0 Å². The highest BCUT2D eigenvalue weighted by Gasteiger charge is 2.47. The summed E-state index contributed by atoms with van der Waals surface area (Å²) < 4.78 is 6.66. The van der Waals surface area contributed by atoms with E-state index in [0.29, 0.717) is 16.5 Å². The quantitative estimate of drug-likeness (QED) is 0.739. The van der Waals surface area contributed by atoms with Crippen molar-refractivity contribution in [2.75, 3.05) is 0 Å². The summed E-state index contributed by atoms with van der Waals surface area (Å²) in [4.78, 5) is 12.0. The Morgan fingerprint density at radius 3 is 2.48 bits per heavy atom. The van der Waals surface area contributed by atoms with Crippen LogP contribution in [0.3, 0.4) is 0 Å². The minimum Gasteiger partial charge on any atom is -0.442 e. The van der Waals surface area contributed by atoms with E-state index < -0.39 is 11.7 Å². The molecule has 1 aliphatic rings. The molecule has 0 spiro atoms. The van der Waals surface area contributed by atoms with E-state index in [9.17, 15) is 4.79 Å². The van der Waals surface area contributed by atoms with Crippen LogP contribution in [-0.2, 0) is 4.74 Å². The second-order valence-corrected chi connectivity index (χ2v) is 8.57. The van der Waals surface area contributed by atoms with Crippen molar-refractivity contribution in [3.8, 4) is 0 Å². The topological polar surface area (TPSA) is 44.1 Å². The summed E-state index contributed by atoms with van der Waals surface area (Å²) in [6.45, 7) is 14.9. The van der Waals surface area contributed by atoms with Gasteiger partial charge in [-0.1, -0.05) is 33.0 Å². The van der Waals surface area contributed by atoms with Gasteiger partial charge in [-0.05, 0) is 44.0 Å². The molecule has 5 heteroatoms. The van der Waals surface area contributed by atoms with Crippen LogP contribution in [0.1, 0.15) is 66.3 Å². The Kier molecular flexibility index (Phi) is 3.75. The molecule has 2 rings (SSSR count). The van der Waals surface area contributed by atoms with Gasteiger partial charge in [0, 0.05) is 6.20 Å². The summed E-state index contributed by atoms with van der Waals surface area (Å²) in [6.07, 6.45) is 4.35. The fourth-order valence-electron chi connectivity index (χ4n) is 3.05. The highest BCUT2D eigenvalue weighted by molar-refractivity contribution is 6.43. The fraction of sp³-hybridized carbons (Fsp3) is 0.750. The minimum atomic E-state index is -0.499. The second kappa shape index (κ2) is 4.89. The van der Waals surface area contributed by atoms with Crippen molar-refractivity contribution < 1.29 is 9.53 Å². The fourth-order valence-corrected chi connectivity index (χ4v) is 3.05. The first-order chi connectivity index (χ1) is 9.41. The Morgan fingerprint density at radius 2 is 2.00 bits per heavy atom. The van der Waals surface area contributed by atoms with Gasteiger partial charge in [0.15, 0.2) is 0 Å². The van der Waals surface area contributed by atoms with Gasteiger partial charge >= 0.3 is 6.09 Å². The van der Waals surface area contributed by atoms with Crippen LogP contribution < -0.4 is 0 Å². The molecular weight excluding hydrogens is 263 g/mol. The van der Waals surface area contributed by atoms with E-state index in [1.807, 2.05) is 33.2 Å². The third kappa shape index (κ3) is 3.33. The molecule has 1 aliphatic heterocycles. The lowest BCUT2D eigenvalue weighted by molar-refractivity contribution is 0.0514. The number of hydrogen-bond acceptors (Lipinski definition) is 3. The van der Waals surface area contributed by atoms with Crippen LogP contribution in [0.5, 0.6) is 0 Å². The molecule has 1 fully saturated rings. The molecule has 0 saturated carbocycles. The van der Waals surface area contributed by atoms with Crippen molar-refractivity contribution in [1.29, 1.82) is 0 Å². The summed E-state index contributed by atoms with van der Waals surface area (Å²) in [5, 5.41) is 4.48. The van der Waals surface area contributed by atoms with Gasteiger partial charge in [0.25, 0.3) is 0 Å². The number of aromatic nitrogens is 2. The molecule has 1 aromatic heterocycles. The van der Waals surface area contributed by atoms with E-state index in [4.69, 9.17) is 4.74 Å². The molecule has 1 aromatic rings. The summed E-state index contributed by atoms with van der Waals surface area (Å²) in [5.41, 5.74) is 0.936. The maximum Gasteiger partial charge on any atom is 0.435 e. The highest BCUT2D eigenvalue weighted by Crippen LogP contribution is 2.57. The van der Waals surface area contributed by atoms with Gasteiger partial charge in [-0.3, -0.25) is 0 Å². The van der Waals surface area contributed by atoms with E-state index in [0.717, 1.165) is 19.3 Å². The summed E-state index contributed by atoms with van der Waals surface area (Å²) >= 11 is 0. The van der Waals surface area contributed by atoms with E-state index >= 15 is 0 Å². The first-order valence-electron chi connectivity index (χ1n) is 7.69. The average molecular weight is 290 g/mol. The van der Waals surface area contributed by atoms with Crippen LogP contribution in [0.25, 0.3) is 0 Å². The SMILES string of the molecule is CC(C)(C)OC(=O)n1cc(C2BC(C)(C)C(C)(C)C2)cn1. The Balaban J connectivity index is 2.13. The van der Waals surface area contributed by atoms with Gasteiger partial charge in [0.2, 0.25) is 0 Å². The monoisotopic (exact) mass is 290 g/mol. The summed E-state index contributed by atoms with van der Waals surface area (Å²) in [5.74, 6) is 0.464. The normalized spacial score (nSPS) is 23.7. The molecule has 2 heterocycles. The maximum absolute atomic E-state index is 12.0. The van der Waals surface area contributed by atoms with Gasteiger partial charge < -0.3 is 4.74 Å².